The van der Waals surface area contributed by atoms with E-state index in [1.807, 2.05) is 0 Å². The topological polar surface area (TPSA) is 11.4 Å². The first kappa shape index (κ1) is 36.9. The van der Waals surface area contributed by atoms with Gasteiger partial charge in [-0.1, -0.05) is 170 Å². The molecule has 2 aliphatic heterocycles. The highest BCUT2D eigenvalue weighted by atomic mass is 15.2. The third-order valence-electron chi connectivity index (χ3n) is 13.2. The molecule has 3 aliphatic rings. The van der Waals surface area contributed by atoms with E-state index in [-0.39, 0.29) is 6.04 Å². The number of benzene rings is 8. The molecule has 2 unspecified atom stereocenters. The SMILES string of the molecule is C1=CC2c3ccccc3N(c3cc(-c4cccc(-c5cccc(-c6ccc(-n7c8ccccc8c8ccccc87)cc6)c5)c4)cc(N4C/C=C\C=C/Cc5ccccc54)c3)C2C=C1. The molecule has 300 valence electrons. The lowest BCUT2D eigenvalue weighted by Crippen LogP contribution is -2.29. The second kappa shape index (κ2) is 15.5. The van der Waals surface area contributed by atoms with Gasteiger partial charge < -0.3 is 14.4 Å². The molecule has 1 aliphatic carbocycles. The minimum Gasteiger partial charge on any atom is -0.337 e. The zero-order valence-corrected chi connectivity index (χ0v) is 34.9. The van der Waals surface area contributed by atoms with Crippen LogP contribution in [0.4, 0.5) is 22.7 Å². The van der Waals surface area contributed by atoms with Crippen molar-refractivity contribution in [2.45, 2.75) is 18.4 Å². The second-order valence-corrected chi connectivity index (χ2v) is 16.8. The van der Waals surface area contributed by atoms with Crippen LogP contribution in [-0.4, -0.2) is 17.2 Å². The zero-order valence-electron chi connectivity index (χ0n) is 34.9. The number of aromatic nitrogens is 1. The summed E-state index contributed by atoms with van der Waals surface area (Å²) in [5.41, 5.74) is 18.3. The number of hydrogen-bond donors (Lipinski definition) is 0. The summed E-state index contributed by atoms with van der Waals surface area (Å²) in [6.07, 6.45) is 18.9. The minimum atomic E-state index is 0.201. The van der Waals surface area contributed by atoms with Crippen molar-refractivity contribution in [3.63, 3.8) is 0 Å². The molecular weight excluding hydrogens is 763 g/mol. The Labute approximate surface area is 369 Å². The summed E-state index contributed by atoms with van der Waals surface area (Å²) in [6.45, 7) is 0.766. The van der Waals surface area contributed by atoms with Crippen LogP contribution in [0.15, 0.2) is 237 Å². The molecule has 3 heteroatoms. The molecule has 0 fully saturated rings. The lowest BCUT2D eigenvalue weighted by atomic mass is 9.91. The quantitative estimate of drug-likeness (QED) is 0.166. The van der Waals surface area contributed by atoms with Crippen molar-refractivity contribution >= 4 is 44.6 Å². The van der Waals surface area contributed by atoms with Crippen LogP contribution < -0.4 is 9.80 Å². The van der Waals surface area contributed by atoms with E-state index in [1.165, 1.54) is 89.1 Å². The van der Waals surface area contributed by atoms with Crippen LogP contribution in [0.1, 0.15) is 17.0 Å². The maximum Gasteiger partial charge on any atom is 0.0629 e. The highest BCUT2D eigenvalue weighted by molar-refractivity contribution is 6.09. The molecule has 63 heavy (non-hydrogen) atoms. The molecular formula is C60H45N3. The van der Waals surface area contributed by atoms with Gasteiger partial charge in [0.15, 0.2) is 0 Å². The van der Waals surface area contributed by atoms with Crippen molar-refractivity contribution < 1.29 is 0 Å². The molecule has 3 nitrogen and oxygen atoms in total. The largest absolute Gasteiger partial charge is 0.337 e. The minimum absolute atomic E-state index is 0.201. The first-order valence-corrected chi connectivity index (χ1v) is 22.1. The molecule has 0 spiro atoms. The number of anilines is 4. The van der Waals surface area contributed by atoms with Gasteiger partial charge >= 0.3 is 0 Å². The van der Waals surface area contributed by atoms with Crippen molar-refractivity contribution in [2.24, 2.45) is 0 Å². The molecule has 0 bridgehead atoms. The van der Waals surface area contributed by atoms with Crippen molar-refractivity contribution in [1.82, 2.24) is 4.57 Å². The van der Waals surface area contributed by atoms with E-state index in [0.29, 0.717) is 5.92 Å². The maximum absolute atomic E-state index is 2.56. The monoisotopic (exact) mass is 807 g/mol. The summed E-state index contributed by atoms with van der Waals surface area (Å²) in [7, 11) is 0. The Kier molecular flexibility index (Phi) is 9.11. The Morgan fingerprint density at radius 3 is 1.76 bits per heavy atom. The van der Waals surface area contributed by atoms with Crippen molar-refractivity contribution in [3.8, 4) is 39.1 Å². The summed E-state index contributed by atoms with van der Waals surface area (Å²) in [5, 5.41) is 2.55. The number of hydrogen-bond acceptors (Lipinski definition) is 2. The van der Waals surface area contributed by atoms with Gasteiger partial charge in [-0.3, -0.25) is 0 Å². The van der Waals surface area contributed by atoms with E-state index in [0.717, 1.165) is 18.7 Å². The van der Waals surface area contributed by atoms with Crippen LogP contribution in [0.3, 0.4) is 0 Å². The van der Waals surface area contributed by atoms with Crippen LogP contribution in [0.5, 0.6) is 0 Å². The van der Waals surface area contributed by atoms with Gasteiger partial charge in [-0.2, -0.15) is 0 Å². The Morgan fingerprint density at radius 2 is 1.00 bits per heavy atom. The van der Waals surface area contributed by atoms with E-state index < -0.39 is 0 Å². The Bertz CT molecular complexity index is 3270. The van der Waals surface area contributed by atoms with Crippen LogP contribution in [-0.2, 0) is 6.42 Å². The summed E-state index contributed by atoms with van der Waals surface area (Å²) in [6, 6.07) is 69.7. The predicted octanol–water partition coefficient (Wildman–Crippen LogP) is 15.3. The summed E-state index contributed by atoms with van der Waals surface area (Å²) >= 11 is 0. The fraction of sp³-hybridized carbons (Fsp3) is 0.0667. The van der Waals surface area contributed by atoms with Crippen molar-refractivity contribution in [3.05, 3.63) is 248 Å². The summed E-state index contributed by atoms with van der Waals surface area (Å²) in [5.74, 6) is 0.304. The molecule has 8 aromatic carbocycles. The standard InChI is InChI=1S/C60H45N3/c1-2-14-36-61(56-27-9-4-18-43(56)17-3-1)50-39-48(40-51(41-50)63-59-30-12-7-25-54(59)55-26-8-13-31-60(55)63)47-22-16-21-46(38-47)45-20-15-19-44(37-45)42-32-34-49(35-33-42)62-57-28-10-5-23-52(57)53-24-6-11-29-58(53)62/h1-16,18-35,37-41,54,59H,17,36H2/b3-1-,14-2-. The Balaban J connectivity index is 0.938. The van der Waals surface area contributed by atoms with Gasteiger partial charge in [0.2, 0.25) is 0 Å². The average molecular weight is 808 g/mol. The van der Waals surface area contributed by atoms with Gasteiger partial charge in [0, 0.05) is 51.7 Å². The highest BCUT2D eigenvalue weighted by Gasteiger charge is 2.37. The van der Waals surface area contributed by atoms with Gasteiger partial charge in [0.05, 0.1) is 17.1 Å². The van der Waals surface area contributed by atoms with Crippen LogP contribution in [0, 0.1) is 0 Å². The lowest BCUT2D eigenvalue weighted by Gasteiger charge is -2.32. The number of allylic oxidation sites excluding steroid dienone is 5. The number of nitrogens with zero attached hydrogens (tertiary/aromatic N) is 3. The van der Waals surface area contributed by atoms with E-state index in [4.69, 9.17) is 0 Å². The lowest BCUT2D eigenvalue weighted by molar-refractivity contribution is 0.745. The van der Waals surface area contributed by atoms with Crippen LogP contribution in [0.2, 0.25) is 0 Å². The third-order valence-corrected chi connectivity index (χ3v) is 13.2. The average Bonchev–Trinajstić information content (AvgIpc) is 3.90. The molecule has 9 aromatic rings. The fourth-order valence-corrected chi connectivity index (χ4v) is 10.2. The summed E-state index contributed by atoms with van der Waals surface area (Å²) in [4.78, 5) is 5.05. The predicted molar refractivity (Wildman–Crippen MR) is 266 cm³/mol. The number of para-hydroxylation sites is 4. The Morgan fingerprint density at radius 1 is 0.397 bits per heavy atom. The van der Waals surface area contributed by atoms with E-state index in [9.17, 15) is 0 Å². The highest BCUT2D eigenvalue weighted by Crippen LogP contribution is 2.49. The maximum atomic E-state index is 2.56. The van der Waals surface area contributed by atoms with Gasteiger partial charge in [0.1, 0.15) is 0 Å². The first-order valence-electron chi connectivity index (χ1n) is 22.1. The number of rotatable bonds is 6. The Hall–Kier alpha value is -7.88. The van der Waals surface area contributed by atoms with Crippen molar-refractivity contribution in [1.29, 1.82) is 0 Å². The fourth-order valence-electron chi connectivity index (χ4n) is 10.2. The summed E-state index contributed by atoms with van der Waals surface area (Å²) < 4.78 is 2.38. The van der Waals surface area contributed by atoms with E-state index >= 15 is 0 Å². The zero-order chi connectivity index (χ0) is 41.7. The van der Waals surface area contributed by atoms with Gasteiger partial charge in [-0.25, -0.2) is 0 Å². The molecule has 3 heterocycles. The molecule has 0 radical (unpaired) electrons. The normalized spacial score (nSPS) is 17.5. The van der Waals surface area contributed by atoms with Crippen LogP contribution in [0.25, 0.3) is 60.9 Å². The van der Waals surface area contributed by atoms with Crippen LogP contribution >= 0.6 is 0 Å². The van der Waals surface area contributed by atoms with E-state index in [1.54, 1.807) is 0 Å². The molecule has 2 atom stereocenters. The third kappa shape index (κ3) is 6.52. The second-order valence-electron chi connectivity index (χ2n) is 16.8. The molecule has 1 aromatic heterocycles. The molecule has 0 N–H and O–H groups in total. The first-order chi connectivity index (χ1) is 31.2. The molecule has 0 saturated heterocycles. The van der Waals surface area contributed by atoms with Gasteiger partial charge in [-0.15, -0.1) is 0 Å². The molecule has 0 saturated carbocycles. The molecule has 0 amide bonds. The van der Waals surface area contributed by atoms with E-state index in [2.05, 4.69) is 251 Å². The van der Waals surface area contributed by atoms with Crippen molar-refractivity contribution in [2.75, 3.05) is 16.3 Å². The van der Waals surface area contributed by atoms with Gasteiger partial charge in [-0.05, 0) is 118 Å². The smallest absolute Gasteiger partial charge is 0.0629 e. The molecule has 12 rings (SSSR count). The number of fused-ring (bicyclic) bond motifs is 7. The van der Waals surface area contributed by atoms with Gasteiger partial charge in [0.25, 0.3) is 0 Å².